The molecule has 0 radical (unpaired) electrons. The fourth-order valence-corrected chi connectivity index (χ4v) is 3.04. The lowest BCUT2D eigenvalue weighted by Gasteiger charge is -2.40. The van der Waals surface area contributed by atoms with E-state index in [4.69, 9.17) is 4.74 Å². The van der Waals surface area contributed by atoms with E-state index in [-0.39, 0.29) is 17.7 Å². The first-order valence-corrected chi connectivity index (χ1v) is 7.68. The van der Waals surface area contributed by atoms with E-state index in [1.54, 1.807) is 12.1 Å². The lowest BCUT2D eigenvalue weighted by molar-refractivity contribution is -0.385. The van der Waals surface area contributed by atoms with Gasteiger partial charge in [-0.3, -0.25) is 15.0 Å². The SMILES string of the molecule is CCC1(CO)CCN(Cc2ccc([N+](=O)[O-])c(OC)c2)CC1. The summed E-state index contributed by atoms with van der Waals surface area (Å²) in [5, 5.41) is 20.5. The van der Waals surface area contributed by atoms with E-state index in [9.17, 15) is 15.2 Å². The van der Waals surface area contributed by atoms with Crippen LogP contribution in [0.25, 0.3) is 0 Å². The van der Waals surface area contributed by atoms with E-state index in [0.717, 1.165) is 44.5 Å². The van der Waals surface area contributed by atoms with Gasteiger partial charge in [0, 0.05) is 19.2 Å². The molecule has 1 heterocycles. The number of nitrogens with zero attached hydrogens (tertiary/aromatic N) is 2. The van der Waals surface area contributed by atoms with Crippen molar-refractivity contribution in [1.82, 2.24) is 4.90 Å². The number of likely N-dealkylation sites (tertiary alicyclic amines) is 1. The third kappa shape index (κ3) is 3.56. The van der Waals surface area contributed by atoms with Crippen molar-refractivity contribution in [3.8, 4) is 5.75 Å². The van der Waals surface area contributed by atoms with Crippen LogP contribution in [0.1, 0.15) is 31.7 Å². The molecule has 1 fully saturated rings. The van der Waals surface area contributed by atoms with E-state index in [2.05, 4.69) is 11.8 Å². The Labute approximate surface area is 130 Å². The molecule has 0 amide bonds. The molecular formula is C16H24N2O4. The molecule has 1 saturated heterocycles. The maximum Gasteiger partial charge on any atom is 0.310 e. The van der Waals surface area contributed by atoms with Gasteiger partial charge in [-0.25, -0.2) is 0 Å². The summed E-state index contributed by atoms with van der Waals surface area (Å²) in [6.45, 7) is 5.01. The summed E-state index contributed by atoms with van der Waals surface area (Å²) in [5.41, 5.74) is 1.08. The lowest BCUT2D eigenvalue weighted by atomic mass is 9.77. The Bertz CT molecular complexity index is 519. The van der Waals surface area contributed by atoms with E-state index in [1.807, 2.05) is 0 Å². The Kier molecular flexibility index (Phi) is 5.37. The third-order valence-corrected chi connectivity index (χ3v) is 4.85. The monoisotopic (exact) mass is 308 g/mol. The van der Waals surface area contributed by atoms with Gasteiger partial charge >= 0.3 is 5.69 Å². The minimum atomic E-state index is -0.430. The first kappa shape index (κ1) is 16.7. The van der Waals surface area contributed by atoms with Crippen molar-refractivity contribution in [2.75, 3.05) is 26.8 Å². The number of nitro groups is 1. The second kappa shape index (κ2) is 7.07. The van der Waals surface area contributed by atoms with Gasteiger partial charge in [-0.05, 0) is 49.4 Å². The minimum Gasteiger partial charge on any atom is -0.490 e. The van der Waals surface area contributed by atoms with Crippen molar-refractivity contribution in [1.29, 1.82) is 0 Å². The largest absolute Gasteiger partial charge is 0.490 e. The van der Waals surface area contributed by atoms with Gasteiger partial charge in [0.05, 0.1) is 12.0 Å². The van der Waals surface area contributed by atoms with Crippen LogP contribution in [0.15, 0.2) is 18.2 Å². The zero-order valence-electron chi connectivity index (χ0n) is 13.2. The number of piperidine rings is 1. The van der Waals surface area contributed by atoms with Crippen LogP contribution in [0.4, 0.5) is 5.69 Å². The molecule has 0 bridgehead atoms. The molecule has 1 aromatic rings. The van der Waals surface area contributed by atoms with Crippen LogP contribution in [0.2, 0.25) is 0 Å². The molecule has 1 aromatic carbocycles. The van der Waals surface area contributed by atoms with Crippen molar-refractivity contribution < 1.29 is 14.8 Å². The summed E-state index contributed by atoms with van der Waals surface area (Å²) >= 11 is 0. The van der Waals surface area contributed by atoms with Crippen LogP contribution in [-0.4, -0.2) is 41.7 Å². The number of aliphatic hydroxyl groups excluding tert-OH is 1. The standard InChI is InChI=1S/C16H24N2O4/c1-3-16(12-19)6-8-17(9-7-16)11-13-4-5-14(18(20)21)15(10-13)22-2/h4-5,10,19H,3,6-9,11-12H2,1-2H3. The summed E-state index contributed by atoms with van der Waals surface area (Å²) in [6, 6.07) is 5.03. The number of aliphatic hydroxyl groups is 1. The lowest BCUT2D eigenvalue weighted by Crippen LogP contribution is -2.41. The maximum atomic E-state index is 10.9. The molecule has 1 aliphatic rings. The summed E-state index contributed by atoms with van der Waals surface area (Å²) in [5.74, 6) is 0.303. The highest BCUT2D eigenvalue weighted by atomic mass is 16.6. The van der Waals surface area contributed by atoms with E-state index in [0.29, 0.717) is 5.75 Å². The summed E-state index contributed by atoms with van der Waals surface area (Å²) in [6.07, 6.45) is 2.98. The van der Waals surface area contributed by atoms with Crippen LogP contribution in [-0.2, 0) is 6.54 Å². The Morgan fingerprint density at radius 2 is 2.09 bits per heavy atom. The van der Waals surface area contributed by atoms with Gasteiger partial charge in [0.1, 0.15) is 0 Å². The van der Waals surface area contributed by atoms with E-state index >= 15 is 0 Å². The topological polar surface area (TPSA) is 75.8 Å². The second-order valence-electron chi connectivity index (χ2n) is 6.05. The van der Waals surface area contributed by atoms with Gasteiger partial charge in [-0.1, -0.05) is 13.0 Å². The fraction of sp³-hybridized carbons (Fsp3) is 0.625. The molecular weight excluding hydrogens is 284 g/mol. The number of methoxy groups -OCH3 is 1. The Morgan fingerprint density at radius 1 is 1.41 bits per heavy atom. The van der Waals surface area contributed by atoms with Crippen molar-refractivity contribution in [2.24, 2.45) is 5.41 Å². The van der Waals surface area contributed by atoms with Crippen LogP contribution in [0, 0.1) is 15.5 Å². The molecule has 6 heteroatoms. The molecule has 22 heavy (non-hydrogen) atoms. The van der Waals surface area contributed by atoms with Crippen molar-refractivity contribution in [3.05, 3.63) is 33.9 Å². The molecule has 1 N–H and O–H groups in total. The number of nitro benzene ring substituents is 1. The Morgan fingerprint density at radius 3 is 2.59 bits per heavy atom. The maximum absolute atomic E-state index is 10.9. The third-order valence-electron chi connectivity index (χ3n) is 4.85. The Hall–Kier alpha value is -1.66. The summed E-state index contributed by atoms with van der Waals surface area (Å²) < 4.78 is 5.11. The normalized spacial score (nSPS) is 18.1. The molecule has 0 saturated carbocycles. The highest BCUT2D eigenvalue weighted by Gasteiger charge is 2.32. The molecule has 122 valence electrons. The minimum absolute atomic E-state index is 0.00447. The average molecular weight is 308 g/mol. The average Bonchev–Trinajstić information content (AvgIpc) is 2.55. The van der Waals surface area contributed by atoms with Crippen molar-refractivity contribution >= 4 is 5.69 Å². The van der Waals surface area contributed by atoms with Gasteiger partial charge in [0.2, 0.25) is 0 Å². The van der Waals surface area contributed by atoms with Gasteiger partial charge in [-0.2, -0.15) is 0 Å². The van der Waals surface area contributed by atoms with Crippen molar-refractivity contribution in [2.45, 2.75) is 32.7 Å². The summed E-state index contributed by atoms with van der Waals surface area (Å²) in [7, 11) is 1.45. The van der Waals surface area contributed by atoms with Gasteiger partial charge in [0.25, 0.3) is 0 Å². The van der Waals surface area contributed by atoms with E-state index in [1.165, 1.54) is 13.2 Å². The van der Waals surface area contributed by atoms with Crippen LogP contribution >= 0.6 is 0 Å². The molecule has 0 atom stereocenters. The second-order valence-corrected chi connectivity index (χ2v) is 6.05. The van der Waals surface area contributed by atoms with Crippen LogP contribution < -0.4 is 4.74 Å². The molecule has 0 aromatic heterocycles. The number of rotatable bonds is 6. The zero-order chi connectivity index (χ0) is 16.2. The van der Waals surface area contributed by atoms with Gasteiger partial charge < -0.3 is 9.84 Å². The predicted octanol–water partition coefficient (Wildman–Crippen LogP) is 2.59. The highest BCUT2D eigenvalue weighted by molar-refractivity contribution is 5.48. The number of hydrogen-bond acceptors (Lipinski definition) is 5. The molecule has 1 aliphatic heterocycles. The van der Waals surface area contributed by atoms with Crippen LogP contribution in [0.5, 0.6) is 5.75 Å². The molecule has 2 rings (SSSR count). The van der Waals surface area contributed by atoms with Crippen molar-refractivity contribution in [3.63, 3.8) is 0 Å². The Balaban J connectivity index is 2.02. The molecule has 0 unspecified atom stereocenters. The first-order chi connectivity index (χ1) is 10.5. The smallest absolute Gasteiger partial charge is 0.310 e. The number of benzene rings is 1. The quantitative estimate of drug-likeness (QED) is 0.645. The number of ether oxygens (including phenoxy) is 1. The highest BCUT2D eigenvalue weighted by Crippen LogP contribution is 2.35. The molecule has 6 nitrogen and oxygen atoms in total. The first-order valence-electron chi connectivity index (χ1n) is 7.68. The van der Waals surface area contributed by atoms with E-state index < -0.39 is 4.92 Å². The summed E-state index contributed by atoms with van der Waals surface area (Å²) in [4.78, 5) is 12.8. The fourth-order valence-electron chi connectivity index (χ4n) is 3.04. The van der Waals surface area contributed by atoms with Gasteiger partial charge in [-0.15, -0.1) is 0 Å². The number of hydrogen-bond donors (Lipinski definition) is 1. The molecule has 0 aliphatic carbocycles. The van der Waals surface area contributed by atoms with Gasteiger partial charge in [0.15, 0.2) is 5.75 Å². The molecule has 0 spiro atoms. The predicted molar refractivity (Wildman–Crippen MR) is 84.0 cm³/mol. The van der Waals surface area contributed by atoms with Crippen LogP contribution in [0.3, 0.4) is 0 Å². The zero-order valence-corrected chi connectivity index (χ0v) is 13.2.